The van der Waals surface area contributed by atoms with Gasteiger partial charge in [-0.15, -0.1) is 0 Å². The van der Waals surface area contributed by atoms with Gasteiger partial charge in [0.25, 0.3) is 0 Å². The van der Waals surface area contributed by atoms with Crippen LogP contribution in [0.4, 0.5) is 11.4 Å². The molecule has 24 heavy (non-hydrogen) atoms. The zero-order valence-corrected chi connectivity index (χ0v) is 15.7. The fraction of sp³-hybridized carbons (Fsp3) is 0.188. The maximum absolute atomic E-state index is 12.5. The van der Waals surface area contributed by atoms with Crippen molar-refractivity contribution in [2.24, 2.45) is 0 Å². The predicted octanol–water partition coefficient (Wildman–Crippen LogP) is 2.70. The summed E-state index contributed by atoms with van der Waals surface area (Å²) in [6.45, 7) is -0.322. The van der Waals surface area contributed by atoms with Gasteiger partial charge < -0.3 is 5.32 Å². The van der Waals surface area contributed by atoms with E-state index in [0.717, 1.165) is 13.1 Å². The molecule has 128 valence electrons. The molecule has 0 aliphatic rings. The molecule has 0 heterocycles. The van der Waals surface area contributed by atoms with Gasteiger partial charge in [0.15, 0.2) is 0 Å². The third kappa shape index (κ3) is 4.56. The lowest BCUT2D eigenvalue weighted by molar-refractivity contribution is -0.114. The molecule has 2 rings (SSSR count). The summed E-state index contributed by atoms with van der Waals surface area (Å²) in [4.78, 5) is 12.3. The molecule has 2 aromatic rings. The van der Waals surface area contributed by atoms with Crippen LogP contribution in [0.5, 0.6) is 0 Å². The van der Waals surface area contributed by atoms with E-state index < -0.39 is 16.1 Å². The van der Waals surface area contributed by atoms with Crippen molar-refractivity contribution in [2.75, 3.05) is 30.3 Å². The van der Waals surface area contributed by atoms with Crippen molar-refractivity contribution in [1.29, 1.82) is 0 Å². The first-order chi connectivity index (χ1) is 11.3. The third-order valence-electron chi connectivity index (χ3n) is 3.18. The molecule has 0 fully saturated rings. The molecule has 8 heteroatoms. The number of carbonyl (C=O) groups is 1. The SMILES string of the molecule is CN(C)S(=O)(=O)N(CC(=O)Nc1cccc(Br)c1)c1ccccc1. The van der Waals surface area contributed by atoms with Crippen molar-refractivity contribution in [2.45, 2.75) is 0 Å². The molecule has 0 saturated carbocycles. The number of halogens is 1. The van der Waals surface area contributed by atoms with Crippen LogP contribution >= 0.6 is 15.9 Å². The standard InChI is InChI=1S/C16H18BrN3O3S/c1-19(2)24(22,23)20(15-9-4-3-5-10-15)12-16(21)18-14-8-6-7-13(17)11-14/h3-11H,12H2,1-2H3,(H,18,21). The van der Waals surface area contributed by atoms with E-state index in [1.807, 2.05) is 6.07 Å². The second-order valence-corrected chi connectivity index (χ2v) is 8.17. The number of anilines is 2. The summed E-state index contributed by atoms with van der Waals surface area (Å²) in [5.74, 6) is -0.428. The first kappa shape index (κ1) is 18.4. The Balaban J connectivity index is 2.24. The molecule has 0 saturated heterocycles. The fourth-order valence-electron chi connectivity index (χ4n) is 1.99. The summed E-state index contributed by atoms with van der Waals surface area (Å²) in [6.07, 6.45) is 0. The van der Waals surface area contributed by atoms with Crippen LogP contribution < -0.4 is 9.62 Å². The van der Waals surface area contributed by atoms with Gasteiger partial charge in [0.05, 0.1) is 5.69 Å². The number of amides is 1. The van der Waals surface area contributed by atoms with Crippen molar-refractivity contribution in [3.05, 3.63) is 59.1 Å². The predicted molar refractivity (Wildman–Crippen MR) is 99.2 cm³/mol. The molecule has 0 aromatic heterocycles. The largest absolute Gasteiger partial charge is 0.324 e. The van der Waals surface area contributed by atoms with E-state index in [1.54, 1.807) is 48.5 Å². The van der Waals surface area contributed by atoms with E-state index >= 15 is 0 Å². The average molecular weight is 412 g/mol. The minimum absolute atomic E-state index is 0.322. The Labute approximate surface area is 150 Å². The van der Waals surface area contributed by atoms with E-state index in [0.29, 0.717) is 11.4 Å². The van der Waals surface area contributed by atoms with Gasteiger partial charge in [0.2, 0.25) is 5.91 Å². The minimum atomic E-state index is -3.79. The Morgan fingerprint density at radius 3 is 2.33 bits per heavy atom. The molecule has 0 bridgehead atoms. The molecule has 6 nitrogen and oxygen atoms in total. The summed E-state index contributed by atoms with van der Waals surface area (Å²) in [7, 11) is -0.935. The number of para-hydroxylation sites is 1. The summed E-state index contributed by atoms with van der Waals surface area (Å²) in [6, 6.07) is 15.6. The summed E-state index contributed by atoms with van der Waals surface area (Å²) < 4.78 is 28.0. The number of rotatable bonds is 6. The van der Waals surface area contributed by atoms with E-state index in [-0.39, 0.29) is 6.54 Å². The van der Waals surface area contributed by atoms with E-state index in [1.165, 1.54) is 14.1 Å². The second kappa shape index (κ2) is 7.78. The highest BCUT2D eigenvalue weighted by molar-refractivity contribution is 9.10. The Hall–Kier alpha value is -1.90. The topological polar surface area (TPSA) is 69.7 Å². The maximum atomic E-state index is 12.5. The molecule has 0 atom stereocenters. The van der Waals surface area contributed by atoms with E-state index in [4.69, 9.17) is 0 Å². The molecule has 0 spiro atoms. The van der Waals surface area contributed by atoms with Crippen molar-refractivity contribution in [1.82, 2.24) is 4.31 Å². The number of nitrogens with one attached hydrogen (secondary N) is 1. The summed E-state index contributed by atoms with van der Waals surface area (Å²) in [5.41, 5.74) is 1.01. The van der Waals surface area contributed by atoms with Gasteiger partial charge in [0, 0.05) is 24.3 Å². The van der Waals surface area contributed by atoms with Gasteiger partial charge in [-0.1, -0.05) is 40.2 Å². The molecular formula is C16H18BrN3O3S. The number of hydrogen-bond donors (Lipinski definition) is 1. The second-order valence-electron chi connectivity index (χ2n) is 5.19. The normalized spacial score (nSPS) is 11.3. The highest BCUT2D eigenvalue weighted by Gasteiger charge is 2.27. The zero-order chi connectivity index (χ0) is 17.7. The van der Waals surface area contributed by atoms with Gasteiger partial charge >= 0.3 is 10.2 Å². The molecule has 1 N–H and O–H groups in total. The lowest BCUT2D eigenvalue weighted by atomic mass is 10.3. The van der Waals surface area contributed by atoms with Gasteiger partial charge in [-0.25, -0.2) is 4.31 Å². The van der Waals surface area contributed by atoms with Gasteiger partial charge in [0.1, 0.15) is 6.54 Å². The fourth-order valence-corrected chi connectivity index (χ4v) is 3.46. The van der Waals surface area contributed by atoms with Gasteiger partial charge in [-0.05, 0) is 30.3 Å². The Kier molecular flexibility index (Phi) is 5.98. The molecule has 2 aromatic carbocycles. The van der Waals surface area contributed by atoms with Crippen LogP contribution in [0.3, 0.4) is 0 Å². The van der Waals surface area contributed by atoms with E-state index in [2.05, 4.69) is 21.2 Å². The maximum Gasteiger partial charge on any atom is 0.304 e. The number of hydrogen-bond acceptors (Lipinski definition) is 3. The van der Waals surface area contributed by atoms with Gasteiger partial charge in [-0.3, -0.25) is 4.79 Å². The lowest BCUT2D eigenvalue weighted by Crippen LogP contribution is -2.44. The van der Waals surface area contributed by atoms with Crippen molar-refractivity contribution < 1.29 is 13.2 Å². The number of benzene rings is 2. The number of nitrogens with zero attached hydrogens (tertiary/aromatic N) is 2. The smallest absolute Gasteiger partial charge is 0.304 e. The van der Waals surface area contributed by atoms with Crippen molar-refractivity contribution >= 4 is 43.4 Å². The Bertz CT molecular complexity index is 810. The van der Waals surface area contributed by atoms with Crippen LogP contribution in [0.25, 0.3) is 0 Å². The van der Waals surface area contributed by atoms with Crippen molar-refractivity contribution in [3.8, 4) is 0 Å². The monoisotopic (exact) mass is 411 g/mol. The number of carbonyl (C=O) groups excluding carboxylic acids is 1. The van der Waals surface area contributed by atoms with Gasteiger partial charge in [-0.2, -0.15) is 12.7 Å². The summed E-state index contributed by atoms with van der Waals surface area (Å²) >= 11 is 3.33. The zero-order valence-electron chi connectivity index (χ0n) is 13.3. The van der Waals surface area contributed by atoms with Crippen LogP contribution in [0.15, 0.2) is 59.1 Å². The molecule has 1 amide bonds. The van der Waals surface area contributed by atoms with Crippen LogP contribution in [0.1, 0.15) is 0 Å². The Morgan fingerprint density at radius 1 is 1.08 bits per heavy atom. The highest BCUT2D eigenvalue weighted by Crippen LogP contribution is 2.20. The molecule has 0 unspecified atom stereocenters. The lowest BCUT2D eigenvalue weighted by Gasteiger charge is -2.26. The highest BCUT2D eigenvalue weighted by atomic mass is 79.9. The van der Waals surface area contributed by atoms with Crippen LogP contribution in [-0.2, 0) is 15.0 Å². The van der Waals surface area contributed by atoms with Crippen LogP contribution in [-0.4, -0.2) is 39.3 Å². The third-order valence-corrected chi connectivity index (χ3v) is 5.49. The molecule has 0 aliphatic heterocycles. The molecule has 0 aliphatic carbocycles. The molecule has 0 radical (unpaired) electrons. The van der Waals surface area contributed by atoms with E-state index in [9.17, 15) is 13.2 Å². The average Bonchev–Trinajstić information content (AvgIpc) is 2.53. The van der Waals surface area contributed by atoms with Crippen LogP contribution in [0.2, 0.25) is 0 Å². The first-order valence-corrected chi connectivity index (χ1v) is 9.30. The molecular weight excluding hydrogens is 394 g/mol. The Morgan fingerprint density at radius 2 is 1.75 bits per heavy atom. The van der Waals surface area contributed by atoms with Crippen molar-refractivity contribution in [3.63, 3.8) is 0 Å². The minimum Gasteiger partial charge on any atom is -0.324 e. The van der Waals surface area contributed by atoms with Crippen LogP contribution in [0, 0.1) is 0 Å². The summed E-state index contributed by atoms with van der Waals surface area (Å²) in [5, 5.41) is 2.70. The first-order valence-electron chi connectivity index (χ1n) is 7.11. The quantitative estimate of drug-likeness (QED) is 0.793.